The van der Waals surface area contributed by atoms with Gasteiger partial charge in [0.1, 0.15) is 6.54 Å². The number of hydrogen-bond acceptors (Lipinski definition) is 4. The van der Waals surface area contributed by atoms with Crippen LogP contribution in [0, 0.1) is 13.8 Å². The maximum absolute atomic E-state index is 13.5. The van der Waals surface area contributed by atoms with Gasteiger partial charge >= 0.3 is 0 Å². The second kappa shape index (κ2) is 10.5. The van der Waals surface area contributed by atoms with Crippen LogP contribution in [0.4, 0.5) is 11.4 Å². The standard InChI is InChI=1S/C28H33N3O3S/c1-21-6-12-26(13-7-21)31(35(33,34)27-16-8-22(2)9-17-27)20-28(32)29-23(3)24-10-14-25(15-11-24)30-18-4-5-19-30/h6-17,23H,4-5,18-20H2,1-3H3,(H,29,32). The van der Waals surface area contributed by atoms with Gasteiger partial charge in [-0.2, -0.15) is 0 Å². The van der Waals surface area contributed by atoms with Crippen LogP contribution < -0.4 is 14.5 Å². The smallest absolute Gasteiger partial charge is 0.264 e. The van der Waals surface area contributed by atoms with Crippen LogP contribution in [-0.4, -0.2) is 34.0 Å². The molecule has 1 heterocycles. The number of anilines is 2. The second-order valence-electron chi connectivity index (χ2n) is 9.24. The molecule has 3 aromatic rings. The lowest BCUT2D eigenvalue weighted by atomic mass is 10.1. The Balaban J connectivity index is 1.51. The summed E-state index contributed by atoms with van der Waals surface area (Å²) in [6.07, 6.45) is 2.44. The molecule has 0 radical (unpaired) electrons. The van der Waals surface area contributed by atoms with Crippen molar-refractivity contribution in [3.63, 3.8) is 0 Å². The van der Waals surface area contributed by atoms with Crippen molar-refractivity contribution in [2.75, 3.05) is 28.8 Å². The third kappa shape index (κ3) is 5.85. The number of benzene rings is 3. The number of hydrogen-bond donors (Lipinski definition) is 1. The van der Waals surface area contributed by atoms with Crippen LogP contribution in [0.1, 0.15) is 42.5 Å². The van der Waals surface area contributed by atoms with E-state index in [9.17, 15) is 13.2 Å². The molecule has 6 nitrogen and oxygen atoms in total. The molecule has 4 rings (SSSR count). The highest BCUT2D eigenvalue weighted by molar-refractivity contribution is 7.92. The average Bonchev–Trinajstić information content (AvgIpc) is 3.39. The third-order valence-corrected chi connectivity index (χ3v) is 8.25. The van der Waals surface area contributed by atoms with Gasteiger partial charge in [-0.15, -0.1) is 0 Å². The zero-order valence-corrected chi connectivity index (χ0v) is 21.4. The maximum Gasteiger partial charge on any atom is 0.264 e. The second-order valence-corrected chi connectivity index (χ2v) is 11.1. The first-order valence-electron chi connectivity index (χ1n) is 12.0. The lowest BCUT2D eigenvalue weighted by Crippen LogP contribution is -2.41. The number of nitrogens with zero attached hydrogens (tertiary/aromatic N) is 2. The minimum absolute atomic E-state index is 0.155. The lowest BCUT2D eigenvalue weighted by Gasteiger charge is -2.25. The molecule has 3 aromatic carbocycles. The molecule has 0 bridgehead atoms. The highest BCUT2D eigenvalue weighted by atomic mass is 32.2. The van der Waals surface area contributed by atoms with E-state index in [0.717, 1.165) is 29.8 Å². The molecule has 0 spiro atoms. The molecule has 35 heavy (non-hydrogen) atoms. The molecule has 0 saturated carbocycles. The van der Waals surface area contributed by atoms with E-state index in [1.165, 1.54) is 22.8 Å². The number of rotatable bonds is 8. The molecular weight excluding hydrogens is 458 g/mol. The van der Waals surface area contributed by atoms with E-state index in [1.807, 2.05) is 45.0 Å². The number of carbonyl (C=O) groups is 1. The average molecular weight is 492 g/mol. The first-order chi connectivity index (χ1) is 16.7. The fourth-order valence-electron chi connectivity index (χ4n) is 4.31. The molecule has 1 aliphatic rings. The Hall–Kier alpha value is -3.32. The molecule has 0 aliphatic carbocycles. The molecule has 1 unspecified atom stereocenters. The van der Waals surface area contributed by atoms with Crippen LogP contribution in [0.25, 0.3) is 0 Å². The SMILES string of the molecule is Cc1ccc(N(CC(=O)NC(C)c2ccc(N3CCCC3)cc2)S(=O)(=O)c2ccc(C)cc2)cc1. The summed E-state index contributed by atoms with van der Waals surface area (Å²) in [6, 6.07) is 21.8. The molecule has 1 fully saturated rings. The number of aryl methyl sites for hydroxylation is 2. The molecule has 184 valence electrons. The zero-order valence-electron chi connectivity index (χ0n) is 20.6. The monoisotopic (exact) mass is 491 g/mol. The van der Waals surface area contributed by atoms with Crippen molar-refractivity contribution < 1.29 is 13.2 Å². The van der Waals surface area contributed by atoms with E-state index in [-0.39, 0.29) is 23.4 Å². The quantitative estimate of drug-likeness (QED) is 0.483. The van der Waals surface area contributed by atoms with E-state index in [0.29, 0.717) is 5.69 Å². The van der Waals surface area contributed by atoms with Gasteiger partial charge in [0.15, 0.2) is 0 Å². The van der Waals surface area contributed by atoms with Gasteiger partial charge in [0, 0.05) is 18.8 Å². The minimum Gasteiger partial charge on any atom is -0.372 e. The highest BCUT2D eigenvalue weighted by Gasteiger charge is 2.27. The Kier molecular flexibility index (Phi) is 7.45. The van der Waals surface area contributed by atoms with Crippen molar-refractivity contribution in [2.45, 2.75) is 44.6 Å². The van der Waals surface area contributed by atoms with Crippen LogP contribution in [0.5, 0.6) is 0 Å². The highest BCUT2D eigenvalue weighted by Crippen LogP contribution is 2.25. The van der Waals surface area contributed by atoms with Crippen LogP contribution in [0.15, 0.2) is 77.7 Å². The van der Waals surface area contributed by atoms with Crippen molar-refractivity contribution >= 4 is 27.3 Å². The molecule has 0 aromatic heterocycles. The Bertz CT molecular complexity index is 1250. The van der Waals surface area contributed by atoms with Crippen LogP contribution in [-0.2, 0) is 14.8 Å². The largest absolute Gasteiger partial charge is 0.372 e. The summed E-state index contributed by atoms with van der Waals surface area (Å²) >= 11 is 0. The van der Waals surface area contributed by atoms with Gasteiger partial charge in [-0.1, -0.05) is 47.5 Å². The third-order valence-electron chi connectivity index (χ3n) is 6.46. The van der Waals surface area contributed by atoms with Gasteiger partial charge in [0.25, 0.3) is 10.0 Å². The molecule has 7 heteroatoms. The number of sulfonamides is 1. The van der Waals surface area contributed by atoms with Crippen molar-refractivity contribution in [2.24, 2.45) is 0 Å². The van der Waals surface area contributed by atoms with E-state index < -0.39 is 10.0 Å². The summed E-state index contributed by atoms with van der Waals surface area (Å²) in [5.74, 6) is -0.364. The van der Waals surface area contributed by atoms with Crippen molar-refractivity contribution in [1.82, 2.24) is 5.32 Å². The molecule has 1 aliphatic heterocycles. The summed E-state index contributed by atoms with van der Waals surface area (Å²) in [6.45, 7) is 7.60. The molecule has 1 N–H and O–H groups in total. The van der Waals surface area contributed by atoms with Crippen molar-refractivity contribution in [1.29, 1.82) is 0 Å². The number of carbonyl (C=O) groups excluding carboxylic acids is 1. The summed E-state index contributed by atoms with van der Waals surface area (Å²) in [4.78, 5) is 15.6. The zero-order chi connectivity index (χ0) is 25.0. The van der Waals surface area contributed by atoms with Crippen LogP contribution in [0.2, 0.25) is 0 Å². The fraction of sp³-hybridized carbons (Fsp3) is 0.321. The fourth-order valence-corrected chi connectivity index (χ4v) is 5.73. The van der Waals surface area contributed by atoms with E-state index >= 15 is 0 Å². The summed E-state index contributed by atoms with van der Waals surface area (Å²) in [7, 11) is -3.93. The topological polar surface area (TPSA) is 69.7 Å². The van der Waals surface area contributed by atoms with Crippen molar-refractivity contribution in [3.8, 4) is 0 Å². The predicted octanol–water partition coefficient (Wildman–Crippen LogP) is 4.98. The van der Waals surface area contributed by atoms with Gasteiger partial charge < -0.3 is 10.2 Å². The van der Waals surface area contributed by atoms with Crippen LogP contribution in [0.3, 0.4) is 0 Å². The first-order valence-corrected chi connectivity index (χ1v) is 13.5. The van der Waals surface area contributed by atoms with Gasteiger partial charge in [-0.05, 0) is 75.6 Å². The predicted molar refractivity (Wildman–Crippen MR) is 141 cm³/mol. The molecule has 1 amide bonds. The van der Waals surface area contributed by atoms with Crippen molar-refractivity contribution in [3.05, 3.63) is 89.5 Å². The molecule has 1 atom stereocenters. The van der Waals surface area contributed by atoms with Gasteiger partial charge in [-0.25, -0.2) is 8.42 Å². The summed E-state index contributed by atoms with van der Waals surface area (Å²) < 4.78 is 28.2. The summed E-state index contributed by atoms with van der Waals surface area (Å²) in [5, 5.41) is 2.97. The van der Waals surface area contributed by atoms with E-state index in [4.69, 9.17) is 0 Å². The van der Waals surface area contributed by atoms with Gasteiger partial charge in [-0.3, -0.25) is 9.10 Å². The number of nitrogens with one attached hydrogen (secondary N) is 1. The molecular formula is C28H33N3O3S. The van der Waals surface area contributed by atoms with E-state index in [1.54, 1.807) is 36.4 Å². The Labute approximate surface area is 208 Å². The number of amides is 1. The minimum atomic E-state index is -3.93. The maximum atomic E-state index is 13.5. The Morgan fingerprint density at radius 2 is 1.43 bits per heavy atom. The normalized spacial score (nSPS) is 14.5. The van der Waals surface area contributed by atoms with Crippen LogP contribution >= 0.6 is 0 Å². The van der Waals surface area contributed by atoms with Gasteiger partial charge in [0.05, 0.1) is 16.6 Å². The lowest BCUT2D eigenvalue weighted by molar-refractivity contribution is -0.120. The molecule has 1 saturated heterocycles. The Morgan fingerprint density at radius 3 is 2.00 bits per heavy atom. The Morgan fingerprint density at radius 1 is 0.886 bits per heavy atom. The summed E-state index contributed by atoms with van der Waals surface area (Å²) in [5.41, 5.74) is 4.60. The van der Waals surface area contributed by atoms with E-state index in [2.05, 4.69) is 22.3 Å². The first kappa shape index (κ1) is 24.8. The van der Waals surface area contributed by atoms with Gasteiger partial charge in [0.2, 0.25) is 5.91 Å².